The Labute approximate surface area is 273 Å². The second kappa shape index (κ2) is 13.5. The summed E-state index contributed by atoms with van der Waals surface area (Å²) < 4.78 is 42.4. The lowest BCUT2D eigenvalue weighted by Crippen LogP contribution is -2.81. The first-order valence-corrected chi connectivity index (χ1v) is 15.4. The maximum atomic E-state index is 13.7. The number of benzene rings is 1. The molecule has 0 amide bonds. The molecular weight excluding hydrogens is 616 g/mol. The number of hydrogen-bond acceptors (Lipinski definition) is 13. The molecule has 3 aliphatic rings. The van der Waals surface area contributed by atoms with E-state index in [-0.39, 0.29) is 6.42 Å². The minimum Gasteiger partial charge on any atom is -0.465 e. The van der Waals surface area contributed by atoms with E-state index in [0.29, 0.717) is 5.56 Å². The third-order valence-corrected chi connectivity index (χ3v) is 9.21. The van der Waals surface area contributed by atoms with Crippen LogP contribution >= 0.6 is 0 Å². The Kier molecular flexibility index (Phi) is 10.2. The van der Waals surface area contributed by atoms with Gasteiger partial charge in [-0.25, -0.2) is 4.79 Å². The van der Waals surface area contributed by atoms with Gasteiger partial charge in [0.25, 0.3) is 0 Å². The molecule has 1 spiro atoms. The smallest absolute Gasteiger partial charge is 0.331 e. The van der Waals surface area contributed by atoms with Crippen LogP contribution in [-0.4, -0.2) is 84.1 Å². The highest BCUT2D eigenvalue weighted by atomic mass is 16.6. The van der Waals surface area contributed by atoms with Gasteiger partial charge in [-0.3, -0.25) is 24.0 Å². The van der Waals surface area contributed by atoms with Crippen LogP contribution in [-0.2, 0) is 61.9 Å². The van der Waals surface area contributed by atoms with E-state index in [9.17, 15) is 28.8 Å². The second-order valence-electron chi connectivity index (χ2n) is 12.9. The molecule has 0 radical (unpaired) electrons. The Morgan fingerprint density at radius 2 is 1.34 bits per heavy atom. The van der Waals surface area contributed by atoms with Gasteiger partial charge in [0.15, 0.2) is 12.2 Å². The fourth-order valence-corrected chi connectivity index (χ4v) is 7.94. The lowest BCUT2D eigenvalue weighted by molar-refractivity contribution is -0.331. The quantitative estimate of drug-likeness (QED) is 0.216. The van der Waals surface area contributed by atoms with Gasteiger partial charge in [0.2, 0.25) is 0 Å². The van der Waals surface area contributed by atoms with Gasteiger partial charge in [-0.05, 0) is 37.8 Å². The van der Waals surface area contributed by atoms with Crippen LogP contribution in [0.3, 0.4) is 0 Å². The van der Waals surface area contributed by atoms with E-state index >= 15 is 0 Å². The molecule has 2 saturated carbocycles. The molecule has 1 heterocycles. The average Bonchev–Trinajstić information content (AvgIpc) is 3.15. The van der Waals surface area contributed by atoms with Crippen molar-refractivity contribution in [2.45, 2.75) is 104 Å². The molecule has 1 aromatic carbocycles. The number of rotatable bonds is 9. The van der Waals surface area contributed by atoms with Crippen molar-refractivity contribution in [1.82, 2.24) is 0 Å². The van der Waals surface area contributed by atoms with Crippen LogP contribution < -0.4 is 0 Å². The molecule has 0 N–H and O–H groups in total. The zero-order valence-electron chi connectivity index (χ0n) is 27.8. The number of esters is 6. The number of carbonyl (C=O) groups is 6. The zero-order valence-corrected chi connectivity index (χ0v) is 27.8. The van der Waals surface area contributed by atoms with Gasteiger partial charge < -0.3 is 33.2 Å². The van der Waals surface area contributed by atoms with Crippen molar-refractivity contribution in [3.05, 3.63) is 42.0 Å². The second-order valence-corrected chi connectivity index (χ2v) is 12.9. The van der Waals surface area contributed by atoms with Crippen LogP contribution in [0.5, 0.6) is 0 Å². The predicted octanol–water partition coefficient (Wildman–Crippen LogP) is 3.11. The number of carbonyl (C=O) groups excluding carboxylic acids is 6. The van der Waals surface area contributed by atoms with E-state index < -0.39 is 101 Å². The van der Waals surface area contributed by atoms with Crippen LogP contribution in [0.1, 0.15) is 67.4 Å². The van der Waals surface area contributed by atoms with Crippen molar-refractivity contribution in [3.63, 3.8) is 0 Å². The molecule has 13 nitrogen and oxygen atoms in total. The fraction of sp³-hybridized carbons (Fsp3) is 0.588. The molecule has 2 aliphatic carbocycles. The van der Waals surface area contributed by atoms with Crippen LogP contribution in [0.2, 0.25) is 0 Å². The van der Waals surface area contributed by atoms with E-state index in [1.165, 1.54) is 26.0 Å². The molecule has 256 valence electrons. The Hall–Kier alpha value is -4.26. The summed E-state index contributed by atoms with van der Waals surface area (Å²) in [4.78, 5) is 77.0. The Morgan fingerprint density at radius 3 is 1.89 bits per heavy atom. The monoisotopic (exact) mass is 658 g/mol. The summed E-state index contributed by atoms with van der Waals surface area (Å²) in [5, 5.41) is 0. The minimum atomic E-state index is -1.97. The highest BCUT2D eigenvalue weighted by Gasteiger charge is 2.85. The van der Waals surface area contributed by atoms with Crippen LogP contribution in [0.4, 0.5) is 0 Å². The maximum absolute atomic E-state index is 13.7. The summed E-state index contributed by atoms with van der Waals surface area (Å²) in [7, 11) is 0. The van der Waals surface area contributed by atoms with Gasteiger partial charge in [-0.1, -0.05) is 37.3 Å². The van der Waals surface area contributed by atoms with Crippen molar-refractivity contribution < 1.29 is 61.9 Å². The third-order valence-electron chi connectivity index (χ3n) is 9.21. The molecule has 3 fully saturated rings. The van der Waals surface area contributed by atoms with Gasteiger partial charge in [0.1, 0.15) is 35.9 Å². The van der Waals surface area contributed by atoms with Crippen LogP contribution in [0.15, 0.2) is 36.4 Å². The first kappa shape index (κ1) is 35.6. The van der Waals surface area contributed by atoms with Gasteiger partial charge in [0.05, 0.1) is 11.5 Å². The van der Waals surface area contributed by atoms with Gasteiger partial charge >= 0.3 is 35.8 Å². The lowest BCUT2D eigenvalue weighted by Gasteiger charge is -2.64. The molecule has 1 aliphatic heterocycles. The van der Waals surface area contributed by atoms with E-state index in [2.05, 4.69) is 0 Å². The van der Waals surface area contributed by atoms with Crippen molar-refractivity contribution in [2.24, 2.45) is 17.3 Å². The molecule has 9 atom stereocenters. The Balaban J connectivity index is 2.06. The lowest BCUT2D eigenvalue weighted by atomic mass is 9.47. The van der Waals surface area contributed by atoms with Gasteiger partial charge in [0, 0.05) is 40.7 Å². The molecule has 0 aromatic heterocycles. The molecular formula is C34H42O13. The van der Waals surface area contributed by atoms with E-state index in [4.69, 9.17) is 33.2 Å². The van der Waals surface area contributed by atoms with E-state index in [0.717, 1.165) is 20.8 Å². The summed E-state index contributed by atoms with van der Waals surface area (Å²) in [5.74, 6) is -6.18. The Morgan fingerprint density at radius 1 is 0.766 bits per heavy atom. The first-order chi connectivity index (χ1) is 22.0. The zero-order chi connectivity index (χ0) is 34.9. The number of ether oxygens (including phenoxy) is 7. The van der Waals surface area contributed by atoms with Crippen molar-refractivity contribution in [2.75, 3.05) is 6.61 Å². The standard InChI is InChI=1S/C34H42O13/c1-18-16-25(42-20(3)36)29(46-26(40)15-14-24-12-10-9-11-13-24)33(17-41-19(2)35)31(45-23(6)39)28(43-21(4)37)27-30(44-22(5)38)34(18,33)47-32(27,7)8/h9-15,18,25,27-31H,16-17H2,1-8H3/b15-14+/t18-,25?,27+,28?,29?,30?,31?,33-,34+/m0/s1. The van der Waals surface area contributed by atoms with Crippen LogP contribution in [0, 0.1) is 17.3 Å². The molecule has 5 unspecified atom stereocenters. The molecule has 2 bridgehead atoms. The molecule has 13 heteroatoms. The van der Waals surface area contributed by atoms with Crippen molar-refractivity contribution >= 4 is 41.9 Å². The van der Waals surface area contributed by atoms with E-state index in [1.807, 2.05) is 6.07 Å². The number of fused-ring (bicyclic) bond motifs is 1. The Bertz CT molecular complexity index is 1430. The molecule has 1 aromatic rings. The minimum absolute atomic E-state index is 0.0351. The van der Waals surface area contributed by atoms with Crippen molar-refractivity contribution in [1.29, 1.82) is 0 Å². The SMILES string of the molecule is CC(=O)OC[C@@]12C(OC(=O)/C=C/c3ccccc3)C(OC(C)=O)C[C@H](C)[C@]13OC(C)(C)[C@H](C(OC(C)=O)C2OC(C)=O)C3OC(C)=O. The molecule has 47 heavy (non-hydrogen) atoms. The predicted molar refractivity (Wildman–Crippen MR) is 162 cm³/mol. The normalized spacial score (nSPS) is 33.6. The molecule has 1 saturated heterocycles. The van der Waals surface area contributed by atoms with Gasteiger partial charge in [-0.2, -0.15) is 0 Å². The van der Waals surface area contributed by atoms with Gasteiger partial charge in [-0.15, -0.1) is 0 Å². The topological polar surface area (TPSA) is 167 Å². The summed E-state index contributed by atoms with van der Waals surface area (Å²) >= 11 is 0. The van der Waals surface area contributed by atoms with E-state index in [1.54, 1.807) is 45.0 Å². The summed E-state index contributed by atoms with van der Waals surface area (Å²) in [6.45, 7) is 10.4. The third kappa shape index (κ3) is 6.63. The maximum Gasteiger partial charge on any atom is 0.331 e. The largest absolute Gasteiger partial charge is 0.465 e. The highest BCUT2D eigenvalue weighted by molar-refractivity contribution is 5.87. The summed E-state index contributed by atoms with van der Waals surface area (Å²) in [6, 6.07) is 8.92. The average molecular weight is 659 g/mol. The molecule has 4 rings (SSSR count). The highest BCUT2D eigenvalue weighted by Crippen LogP contribution is 2.68. The van der Waals surface area contributed by atoms with Crippen LogP contribution in [0.25, 0.3) is 6.08 Å². The first-order valence-electron chi connectivity index (χ1n) is 15.4. The number of hydrogen-bond donors (Lipinski definition) is 0. The fourth-order valence-electron chi connectivity index (χ4n) is 7.94. The van der Waals surface area contributed by atoms with Crippen molar-refractivity contribution in [3.8, 4) is 0 Å². The summed E-state index contributed by atoms with van der Waals surface area (Å²) in [5.41, 5.74) is -4.21. The summed E-state index contributed by atoms with van der Waals surface area (Å²) in [6.07, 6.45) is -4.11.